The standard InChI is InChI=1S/C17H17N3O4/c18-16-9-8-15(20(22)23)11-14(16)7-4-10-19-17(21)24-12-13-5-2-1-3-6-13/h1-9,11H,10,12,18H2,(H,19,21). The van der Waals surface area contributed by atoms with Gasteiger partial charge in [0.15, 0.2) is 0 Å². The molecule has 0 aliphatic carbocycles. The van der Waals surface area contributed by atoms with Gasteiger partial charge < -0.3 is 15.8 Å². The molecule has 0 aliphatic heterocycles. The number of benzene rings is 2. The summed E-state index contributed by atoms with van der Waals surface area (Å²) in [6.07, 6.45) is 2.70. The van der Waals surface area contributed by atoms with Crippen LogP contribution in [0.5, 0.6) is 0 Å². The first-order valence-electron chi connectivity index (χ1n) is 7.21. The quantitative estimate of drug-likeness (QED) is 0.481. The van der Waals surface area contributed by atoms with E-state index in [9.17, 15) is 14.9 Å². The molecule has 0 radical (unpaired) electrons. The van der Waals surface area contributed by atoms with Gasteiger partial charge in [-0.05, 0) is 11.6 Å². The number of non-ortho nitro benzene ring substituents is 1. The number of carbonyl (C=O) groups excluding carboxylic acids is 1. The number of alkyl carbamates (subject to hydrolysis) is 1. The van der Waals surface area contributed by atoms with Gasteiger partial charge in [-0.1, -0.05) is 42.5 Å². The van der Waals surface area contributed by atoms with E-state index in [1.807, 2.05) is 30.3 Å². The smallest absolute Gasteiger partial charge is 0.407 e. The number of nitro groups is 1. The number of nitrogens with zero attached hydrogens (tertiary/aromatic N) is 1. The Balaban J connectivity index is 1.81. The van der Waals surface area contributed by atoms with Crippen LogP contribution in [-0.2, 0) is 11.3 Å². The van der Waals surface area contributed by atoms with Crippen LogP contribution in [0.1, 0.15) is 11.1 Å². The first-order chi connectivity index (χ1) is 11.6. The van der Waals surface area contributed by atoms with Gasteiger partial charge >= 0.3 is 6.09 Å². The minimum Gasteiger partial charge on any atom is -0.445 e. The van der Waals surface area contributed by atoms with Crippen molar-refractivity contribution in [2.24, 2.45) is 0 Å². The van der Waals surface area contributed by atoms with Crippen molar-refractivity contribution in [3.63, 3.8) is 0 Å². The van der Waals surface area contributed by atoms with Gasteiger partial charge in [0.25, 0.3) is 5.69 Å². The molecule has 7 nitrogen and oxygen atoms in total. The molecule has 2 aromatic carbocycles. The van der Waals surface area contributed by atoms with E-state index < -0.39 is 11.0 Å². The molecule has 0 saturated carbocycles. The summed E-state index contributed by atoms with van der Waals surface area (Å²) in [6.45, 7) is 0.407. The number of hydrogen-bond donors (Lipinski definition) is 2. The number of nitrogens with two attached hydrogens (primary N) is 1. The van der Waals surface area contributed by atoms with Crippen molar-refractivity contribution in [3.05, 3.63) is 75.8 Å². The zero-order valence-corrected chi connectivity index (χ0v) is 12.8. The maximum atomic E-state index is 11.6. The highest BCUT2D eigenvalue weighted by Gasteiger charge is 2.07. The highest BCUT2D eigenvalue weighted by Crippen LogP contribution is 2.20. The Bertz CT molecular complexity index is 745. The van der Waals surface area contributed by atoms with Gasteiger partial charge in [0.1, 0.15) is 6.61 Å². The molecule has 1 amide bonds. The molecule has 0 heterocycles. The van der Waals surface area contributed by atoms with E-state index in [1.165, 1.54) is 18.2 Å². The largest absolute Gasteiger partial charge is 0.445 e. The van der Waals surface area contributed by atoms with Crippen LogP contribution in [0.3, 0.4) is 0 Å². The van der Waals surface area contributed by atoms with Crippen molar-refractivity contribution in [2.45, 2.75) is 6.61 Å². The van der Waals surface area contributed by atoms with Crippen molar-refractivity contribution in [2.75, 3.05) is 12.3 Å². The SMILES string of the molecule is Nc1ccc([N+](=O)[O-])cc1C=CCNC(=O)OCc1ccccc1. The molecule has 0 aromatic heterocycles. The number of ether oxygens (including phenoxy) is 1. The van der Waals surface area contributed by atoms with Crippen molar-refractivity contribution < 1.29 is 14.5 Å². The molecule has 3 N–H and O–H groups in total. The van der Waals surface area contributed by atoms with Gasteiger partial charge in [-0.15, -0.1) is 0 Å². The molecule has 0 bridgehead atoms. The van der Waals surface area contributed by atoms with Crippen LogP contribution in [-0.4, -0.2) is 17.6 Å². The molecular weight excluding hydrogens is 310 g/mol. The number of rotatable bonds is 6. The lowest BCUT2D eigenvalue weighted by molar-refractivity contribution is -0.384. The lowest BCUT2D eigenvalue weighted by Gasteiger charge is -2.05. The minimum atomic E-state index is -0.546. The fourth-order valence-corrected chi connectivity index (χ4v) is 1.92. The van der Waals surface area contributed by atoms with Crippen LogP contribution >= 0.6 is 0 Å². The van der Waals surface area contributed by atoms with E-state index in [4.69, 9.17) is 10.5 Å². The fourth-order valence-electron chi connectivity index (χ4n) is 1.92. The topological polar surface area (TPSA) is 107 Å². The van der Waals surface area contributed by atoms with E-state index >= 15 is 0 Å². The number of hydrogen-bond acceptors (Lipinski definition) is 5. The van der Waals surface area contributed by atoms with E-state index in [0.717, 1.165) is 5.56 Å². The molecule has 0 atom stereocenters. The molecule has 0 fully saturated rings. The van der Waals surface area contributed by atoms with Crippen molar-refractivity contribution in [1.82, 2.24) is 5.32 Å². The van der Waals surface area contributed by atoms with E-state index in [-0.39, 0.29) is 18.8 Å². The van der Waals surface area contributed by atoms with E-state index in [1.54, 1.807) is 12.2 Å². The number of nitrogen functional groups attached to an aromatic ring is 1. The maximum Gasteiger partial charge on any atom is 0.407 e. The van der Waals surface area contributed by atoms with Gasteiger partial charge in [-0.3, -0.25) is 10.1 Å². The maximum absolute atomic E-state index is 11.6. The second kappa shape index (κ2) is 8.33. The summed E-state index contributed by atoms with van der Waals surface area (Å²) in [6, 6.07) is 13.5. The summed E-state index contributed by atoms with van der Waals surface area (Å²) in [5, 5.41) is 13.3. The van der Waals surface area contributed by atoms with Gasteiger partial charge in [0.05, 0.1) is 4.92 Å². The van der Waals surface area contributed by atoms with Gasteiger partial charge in [-0.25, -0.2) is 4.79 Å². The third-order valence-corrected chi connectivity index (χ3v) is 3.16. The van der Waals surface area contributed by atoms with Crippen LogP contribution in [0.25, 0.3) is 6.08 Å². The summed E-state index contributed by atoms with van der Waals surface area (Å²) in [5.74, 6) is 0. The Hall–Kier alpha value is -3.35. The number of nitrogens with one attached hydrogen (secondary N) is 1. The summed E-state index contributed by atoms with van der Waals surface area (Å²) >= 11 is 0. The average molecular weight is 327 g/mol. The van der Waals surface area contributed by atoms with Crippen molar-refractivity contribution in [1.29, 1.82) is 0 Å². The second-order valence-electron chi connectivity index (χ2n) is 4.92. The number of carbonyl (C=O) groups is 1. The molecule has 0 aliphatic rings. The Morgan fingerprint density at radius 2 is 2.00 bits per heavy atom. The van der Waals surface area contributed by atoms with E-state index in [2.05, 4.69) is 5.32 Å². The van der Waals surface area contributed by atoms with E-state index in [0.29, 0.717) is 11.3 Å². The van der Waals surface area contributed by atoms with Crippen LogP contribution in [0.15, 0.2) is 54.6 Å². The molecule has 24 heavy (non-hydrogen) atoms. The third kappa shape index (κ3) is 5.13. The van der Waals surface area contributed by atoms with Crippen LogP contribution in [0.2, 0.25) is 0 Å². The first-order valence-corrected chi connectivity index (χ1v) is 7.21. The van der Waals surface area contributed by atoms with Crippen LogP contribution in [0, 0.1) is 10.1 Å². The Morgan fingerprint density at radius 1 is 1.25 bits per heavy atom. The second-order valence-corrected chi connectivity index (χ2v) is 4.92. The third-order valence-electron chi connectivity index (χ3n) is 3.16. The monoisotopic (exact) mass is 327 g/mol. The van der Waals surface area contributed by atoms with Gasteiger partial charge in [0, 0.05) is 29.9 Å². The van der Waals surface area contributed by atoms with Gasteiger partial charge in [0.2, 0.25) is 0 Å². The average Bonchev–Trinajstić information content (AvgIpc) is 2.59. The summed E-state index contributed by atoms with van der Waals surface area (Å²) in [5.41, 5.74) is 7.55. The fraction of sp³-hybridized carbons (Fsp3) is 0.118. The summed E-state index contributed by atoms with van der Waals surface area (Å²) < 4.78 is 5.06. The predicted octanol–water partition coefficient (Wildman–Crippen LogP) is 3.12. The van der Waals surface area contributed by atoms with Crippen molar-refractivity contribution >= 4 is 23.5 Å². The van der Waals surface area contributed by atoms with Gasteiger partial charge in [-0.2, -0.15) is 0 Å². The number of anilines is 1. The Labute approximate surface area is 138 Å². The summed E-state index contributed by atoms with van der Waals surface area (Å²) in [4.78, 5) is 21.8. The lowest BCUT2D eigenvalue weighted by atomic mass is 10.1. The Kier molecular flexibility index (Phi) is 5.90. The number of amides is 1. The van der Waals surface area contributed by atoms with Crippen LogP contribution in [0.4, 0.5) is 16.2 Å². The normalized spacial score (nSPS) is 10.5. The molecule has 0 spiro atoms. The van der Waals surface area contributed by atoms with Crippen LogP contribution < -0.4 is 11.1 Å². The minimum absolute atomic E-state index is 0.0425. The predicted molar refractivity (Wildman–Crippen MR) is 91.2 cm³/mol. The molecular formula is C17H17N3O4. The first kappa shape index (κ1) is 17.0. The zero-order chi connectivity index (χ0) is 17.4. The Morgan fingerprint density at radius 3 is 2.71 bits per heavy atom. The molecule has 2 aromatic rings. The molecule has 7 heteroatoms. The highest BCUT2D eigenvalue weighted by atomic mass is 16.6. The number of nitro benzene ring substituents is 1. The molecule has 124 valence electrons. The molecule has 2 rings (SSSR count). The molecule has 0 saturated heterocycles. The lowest BCUT2D eigenvalue weighted by Crippen LogP contribution is -2.24. The summed E-state index contributed by atoms with van der Waals surface area (Å²) in [7, 11) is 0. The molecule has 0 unspecified atom stereocenters. The highest BCUT2D eigenvalue weighted by molar-refractivity contribution is 5.69. The van der Waals surface area contributed by atoms with Crippen molar-refractivity contribution in [3.8, 4) is 0 Å². The zero-order valence-electron chi connectivity index (χ0n) is 12.8.